The van der Waals surface area contributed by atoms with Gasteiger partial charge < -0.3 is 26.0 Å². The zero-order valence-corrected chi connectivity index (χ0v) is 17.3. The van der Waals surface area contributed by atoms with Crippen LogP contribution in [0.5, 0.6) is 5.75 Å². The quantitative estimate of drug-likeness (QED) is 0.540. The van der Waals surface area contributed by atoms with Crippen molar-refractivity contribution in [3.05, 3.63) is 42.0 Å². The Balaban J connectivity index is 1.74. The second-order valence-electron chi connectivity index (χ2n) is 7.47. The van der Waals surface area contributed by atoms with Crippen LogP contribution in [0.4, 0.5) is 23.1 Å². The molecule has 158 valence electrons. The second kappa shape index (κ2) is 8.36. The average molecular weight is 417 g/mol. The number of nitrogens with zero attached hydrogens (tertiary/aromatic N) is 4. The lowest BCUT2D eigenvalue weighted by molar-refractivity contribution is -0.119. The first-order valence-corrected chi connectivity index (χ1v) is 9.90. The summed E-state index contributed by atoms with van der Waals surface area (Å²) in [5, 5.41) is 16.2. The van der Waals surface area contributed by atoms with Crippen molar-refractivity contribution in [3.63, 3.8) is 0 Å². The highest BCUT2D eigenvalue weighted by Crippen LogP contribution is 2.31. The number of nitrogen functional groups attached to an aromatic ring is 1. The highest BCUT2D eigenvalue weighted by molar-refractivity contribution is 5.92. The monoisotopic (exact) mass is 417 g/mol. The van der Waals surface area contributed by atoms with Gasteiger partial charge in [-0.3, -0.25) is 4.79 Å². The van der Waals surface area contributed by atoms with Crippen LogP contribution in [0, 0.1) is 11.3 Å². The van der Waals surface area contributed by atoms with E-state index in [9.17, 15) is 10.1 Å². The van der Waals surface area contributed by atoms with Crippen LogP contribution in [0.2, 0.25) is 0 Å². The van der Waals surface area contributed by atoms with E-state index in [1.54, 1.807) is 25.3 Å². The molecule has 0 saturated carbocycles. The van der Waals surface area contributed by atoms with Crippen LogP contribution in [0.15, 0.2) is 36.4 Å². The fraction of sp³-hybridized carbons (Fsp3) is 0.273. The van der Waals surface area contributed by atoms with Crippen LogP contribution in [-0.4, -0.2) is 42.1 Å². The fourth-order valence-electron chi connectivity index (χ4n) is 3.79. The summed E-state index contributed by atoms with van der Waals surface area (Å²) in [5.74, 6) is 1.80. The summed E-state index contributed by atoms with van der Waals surface area (Å²) in [6.07, 6.45) is 0.838. The molecule has 3 aromatic rings. The number of nitriles is 1. The lowest BCUT2D eigenvalue weighted by Gasteiger charge is -2.21. The molecule has 0 bridgehead atoms. The van der Waals surface area contributed by atoms with Gasteiger partial charge in [0.15, 0.2) is 0 Å². The van der Waals surface area contributed by atoms with Gasteiger partial charge in [0, 0.05) is 48.9 Å². The van der Waals surface area contributed by atoms with Crippen LogP contribution in [0.25, 0.3) is 10.9 Å². The summed E-state index contributed by atoms with van der Waals surface area (Å²) in [7, 11) is 1.61. The Bertz CT molecular complexity index is 1190. The standard InChI is InChI=1S/C22H23N7O2/c1-13(30)25-16-5-6-29(12-16)21-19-4-3-18(31-2)10-20(19)27-22(28-21)26-17-8-14(11-23)7-15(24)9-17/h3-4,7-10,16H,5-6,12,24H2,1-2H3,(H,25,30)(H,26,27,28)/t16-/m0/s1. The molecule has 9 heteroatoms. The topological polar surface area (TPSA) is 129 Å². The summed E-state index contributed by atoms with van der Waals surface area (Å²) in [6, 6.07) is 12.9. The molecule has 1 saturated heterocycles. The summed E-state index contributed by atoms with van der Waals surface area (Å²) in [4.78, 5) is 23.0. The normalized spacial score (nSPS) is 15.5. The van der Waals surface area contributed by atoms with Crippen LogP contribution in [0.1, 0.15) is 18.9 Å². The number of benzene rings is 2. The van der Waals surface area contributed by atoms with Gasteiger partial charge in [-0.25, -0.2) is 4.98 Å². The Morgan fingerprint density at radius 3 is 2.87 bits per heavy atom. The number of nitrogens with two attached hydrogens (primary N) is 1. The van der Waals surface area contributed by atoms with Crippen molar-refractivity contribution in [2.75, 3.05) is 36.1 Å². The van der Waals surface area contributed by atoms with E-state index in [1.807, 2.05) is 18.2 Å². The van der Waals surface area contributed by atoms with E-state index in [4.69, 9.17) is 15.5 Å². The molecular formula is C22H23N7O2. The van der Waals surface area contributed by atoms with Crippen LogP contribution in [0.3, 0.4) is 0 Å². The number of carbonyl (C=O) groups is 1. The number of nitrogens with one attached hydrogen (secondary N) is 2. The van der Waals surface area contributed by atoms with Gasteiger partial charge in [-0.15, -0.1) is 0 Å². The van der Waals surface area contributed by atoms with Crippen molar-refractivity contribution < 1.29 is 9.53 Å². The van der Waals surface area contributed by atoms with Crippen molar-refractivity contribution in [1.29, 1.82) is 5.26 Å². The maximum absolute atomic E-state index is 11.5. The van der Waals surface area contributed by atoms with E-state index < -0.39 is 0 Å². The first-order valence-electron chi connectivity index (χ1n) is 9.90. The molecule has 1 atom stereocenters. The number of ether oxygens (including phenoxy) is 1. The smallest absolute Gasteiger partial charge is 0.229 e. The fourth-order valence-corrected chi connectivity index (χ4v) is 3.79. The molecule has 9 nitrogen and oxygen atoms in total. The van der Waals surface area contributed by atoms with E-state index in [-0.39, 0.29) is 11.9 Å². The maximum Gasteiger partial charge on any atom is 0.229 e. The number of hydrogen-bond donors (Lipinski definition) is 3. The third-order valence-electron chi connectivity index (χ3n) is 5.12. The molecule has 1 amide bonds. The van der Waals surface area contributed by atoms with Gasteiger partial charge in [-0.05, 0) is 36.8 Å². The summed E-state index contributed by atoms with van der Waals surface area (Å²) in [6.45, 7) is 2.95. The number of anilines is 4. The Hall–Kier alpha value is -4.06. The third kappa shape index (κ3) is 4.43. The second-order valence-corrected chi connectivity index (χ2v) is 7.47. The van der Waals surface area contributed by atoms with Crippen LogP contribution in [-0.2, 0) is 4.79 Å². The number of carbonyl (C=O) groups excluding carboxylic acids is 1. The van der Waals surface area contributed by atoms with Gasteiger partial charge in [-0.1, -0.05) is 0 Å². The SMILES string of the molecule is COc1ccc2c(N3CC[C@H](NC(C)=O)C3)nc(Nc3cc(N)cc(C#N)c3)nc2c1. The number of fused-ring (bicyclic) bond motifs is 1. The van der Waals surface area contributed by atoms with Gasteiger partial charge in [0.2, 0.25) is 11.9 Å². The van der Waals surface area contributed by atoms with E-state index in [0.29, 0.717) is 35.2 Å². The van der Waals surface area contributed by atoms with Crippen molar-refractivity contribution in [2.45, 2.75) is 19.4 Å². The molecule has 0 unspecified atom stereocenters. The number of aromatic nitrogens is 2. The lowest BCUT2D eigenvalue weighted by Crippen LogP contribution is -2.35. The molecule has 1 aliphatic heterocycles. The Labute approximate surface area is 179 Å². The number of hydrogen-bond acceptors (Lipinski definition) is 8. The molecule has 2 heterocycles. The molecule has 31 heavy (non-hydrogen) atoms. The molecule has 1 aromatic heterocycles. The first-order chi connectivity index (χ1) is 14.9. The molecule has 0 spiro atoms. The van der Waals surface area contributed by atoms with E-state index in [0.717, 1.165) is 29.7 Å². The predicted molar refractivity (Wildman–Crippen MR) is 119 cm³/mol. The van der Waals surface area contributed by atoms with Gasteiger partial charge >= 0.3 is 0 Å². The minimum absolute atomic E-state index is 0.0403. The van der Waals surface area contributed by atoms with Crippen LogP contribution < -0.4 is 26.0 Å². The average Bonchev–Trinajstić information content (AvgIpc) is 3.19. The van der Waals surface area contributed by atoms with E-state index in [2.05, 4.69) is 26.6 Å². The highest BCUT2D eigenvalue weighted by atomic mass is 16.5. The van der Waals surface area contributed by atoms with Crippen molar-refractivity contribution in [2.24, 2.45) is 0 Å². The lowest BCUT2D eigenvalue weighted by atomic mass is 10.2. The minimum atomic E-state index is -0.0403. The van der Waals surface area contributed by atoms with Gasteiger partial charge in [0.05, 0.1) is 24.3 Å². The van der Waals surface area contributed by atoms with Crippen LogP contribution >= 0.6 is 0 Å². The number of methoxy groups -OCH3 is 1. The first kappa shape index (κ1) is 20.2. The molecule has 0 radical (unpaired) electrons. The van der Waals surface area contributed by atoms with E-state index in [1.165, 1.54) is 6.92 Å². The maximum atomic E-state index is 11.5. The molecule has 4 N–H and O–H groups in total. The van der Waals surface area contributed by atoms with Crippen molar-refractivity contribution >= 4 is 40.0 Å². The third-order valence-corrected chi connectivity index (χ3v) is 5.12. The van der Waals surface area contributed by atoms with Gasteiger partial charge in [0.25, 0.3) is 0 Å². The molecule has 4 rings (SSSR count). The molecule has 0 aliphatic carbocycles. The largest absolute Gasteiger partial charge is 0.497 e. The molecular weight excluding hydrogens is 394 g/mol. The Morgan fingerprint density at radius 2 is 2.13 bits per heavy atom. The molecule has 1 aliphatic rings. The Morgan fingerprint density at radius 1 is 1.29 bits per heavy atom. The number of amides is 1. The van der Waals surface area contributed by atoms with E-state index >= 15 is 0 Å². The highest BCUT2D eigenvalue weighted by Gasteiger charge is 2.26. The molecule has 1 fully saturated rings. The molecule has 2 aromatic carbocycles. The number of rotatable bonds is 5. The van der Waals surface area contributed by atoms with Gasteiger partial charge in [0.1, 0.15) is 11.6 Å². The summed E-state index contributed by atoms with van der Waals surface area (Å²) in [5.41, 5.74) is 8.18. The summed E-state index contributed by atoms with van der Waals surface area (Å²) < 4.78 is 5.36. The predicted octanol–water partition coefficient (Wildman–Crippen LogP) is 2.55. The summed E-state index contributed by atoms with van der Waals surface area (Å²) >= 11 is 0. The van der Waals surface area contributed by atoms with Crippen molar-refractivity contribution in [1.82, 2.24) is 15.3 Å². The Kier molecular flexibility index (Phi) is 5.45. The van der Waals surface area contributed by atoms with Crippen molar-refractivity contribution in [3.8, 4) is 11.8 Å². The zero-order valence-electron chi connectivity index (χ0n) is 17.3. The minimum Gasteiger partial charge on any atom is -0.497 e. The van der Waals surface area contributed by atoms with Gasteiger partial charge in [-0.2, -0.15) is 10.2 Å². The zero-order chi connectivity index (χ0) is 22.0.